The molecule has 2 N–H and O–H groups in total. The number of carbonyl (C=O) groups excluding carboxylic acids is 2. The summed E-state index contributed by atoms with van der Waals surface area (Å²) in [6.07, 6.45) is 3.21. The minimum absolute atomic E-state index is 0.00226. The van der Waals surface area contributed by atoms with E-state index in [1.807, 2.05) is 12.1 Å². The Morgan fingerprint density at radius 1 is 1.15 bits per heavy atom. The molecule has 1 aromatic carbocycles. The Labute approximate surface area is 156 Å². The monoisotopic (exact) mass is 374 g/mol. The highest BCUT2D eigenvalue weighted by atomic mass is 35.5. The smallest absolute Gasteiger partial charge is 0.306 e. The lowest BCUT2D eigenvalue weighted by Gasteiger charge is -2.11. The van der Waals surface area contributed by atoms with Gasteiger partial charge in [-0.3, -0.25) is 14.6 Å². The molecule has 0 aliphatic heterocycles. The summed E-state index contributed by atoms with van der Waals surface area (Å²) in [6, 6.07) is 10.7. The first-order valence-corrected chi connectivity index (χ1v) is 8.42. The van der Waals surface area contributed by atoms with E-state index in [4.69, 9.17) is 16.3 Å². The molecule has 26 heavy (non-hydrogen) atoms. The second-order valence-electron chi connectivity index (χ2n) is 5.14. The maximum Gasteiger partial charge on any atom is 0.306 e. The van der Waals surface area contributed by atoms with Gasteiger partial charge in [-0.1, -0.05) is 23.7 Å². The Balaban J connectivity index is 2.09. The molecule has 2 rings (SSSR count). The van der Waals surface area contributed by atoms with Crippen molar-refractivity contribution in [3.8, 4) is 0 Å². The van der Waals surface area contributed by atoms with Crippen molar-refractivity contribution in [2.45, 2.75) is 19.8 Å². The van der Waals surface area contributed by atoms with Crippen LogP contribution >= 0.6 is 11.6 Å². The van der Waals surface area contributed by atoms with Crippen molar-refractivity contribution < 1.29 is 14.3 Å². The number of aromatic nitrogens is 1. The quantitative estimate of drug-likeness (QED) is 0.336. The number of para-hydroxylation sites is 1. The maximum absolute atomic E-state index is 11.9. The molecule has 2 aromatic rings. The summed E-state index contributed by atoms with van der Waals surface area (Å²) < 4.78 is 4.79. The predicted molar refractivity (Wildman–Crippen MR) is 99.9 cm³/mol. The lowest BCUT2D eigenvalue weighted by Crippen LogP contribution is -2.24. The van der Waals surface area contributed by atoms with Crippen molar-refractivity contribution in [2.24, 2.45) is 5.10 Å². The Morgan fingerprint density at radius 2 is 1.88 bits per heavy atom. The van der Waals surface area contributed by atoms with Gasteiger partial charge in [0.05, 0.1) is 23.7 Å². The molecule has 0 aliphatic carbocycles. The van der Waals surface area contributed by atoms with E-state index in [1.54, 1.807) is 43.6 Å². The first-order valence-electron chi connectivity index (χ1n) is 8.04. The molecular weight excluding hydrogens is 356 g/mol. The number of hydrogen-bond donors (Lipinski definition) is 2. The minimum atomic E-state index is -0.421. The number of ether oxygens (including phenoxy) is 1. The molecule has 0 spiro atoms. The zero-order valence-electron chi connectivity index (χ0n) is 14.2. The van der Waals surface area contributed by atoms with Gasteiger partial charge in [0.15, 0.2) is 5.84 Å². The summed E-state index contributed by atoms with van der Waals surface area (Å²) in [4.78, 5) is 27.2. The van der Waals surface area contributed by atoms with Crippen LogP contribution in [0.4, 0.5) is 5.69 Å². The zero-order valence-corrected chi connectivity index (χ0v) is 15.0. The van der Waals surface area contributed by atoms with E-state index in [1.165, 1.54) is 0 Å². The average Bonchev–Trinajstić information content (AvgIpc) is 2.66. The molecule has 0 atom stereocenters. The lowest BCUT2D eigenvalue weighted by molar-refractivity contribution is -0.144. The van der Waals surface area contributed by atoms with Crippen molar-refractivity contribution in [1.29, 1.82) is 0 Å². The van der Waals surface area contributed by atoms with Gasteiger partial charge in [0.2, 0.25) is 5.91 Å². The number of hydrogen-bond acceptors (Lipinski definition) is 5. The van der Waals surface area contributed by atoms with Gasteiger partial charge in [-0.2, -0.15) is 5.10 Å². The van der Waals surface area contributed by atoms with Crippen molar-refractivity contribution in [1.82, 2.24) is 10.4 Å². The van der Waals surface area contributed by atoms with E-state index < -0.39 is 11.9 Å². The van der Waals surface area contributed by atoms with E-state index in [2.05, 4.69) is 20.8 Å². The van der Waals surface area contributed by atoms with E-state index in [-0.39, 0.29) is 19.4 Å². The largest absolute Gasteiger partial charge is 0.466 e. The third-order valence-electron chi connectivity index (χ3n) is 3.23. The Hall–Kier alpha value is -2.93. The number of amides is 1. The maximum atomic E-state index is 11.9. The van der Waals surface area contributed by atoms with Gasteiger partial charge in [0.1, 0.15) is 0 Å². The lowest BCUT2D eigenvalue weighted by atomic mass is 10.2. The first kappa shape index (κ1) is 19.4. The fraction of sp³-hybridized carbons (Fsp3) is 0.222. The number of carbonyl (C=O) groups is 2. The van der Waals surface area contributed by atoms with E-state index in [0.29, 0.717) is 22.1 Å². The Bertz CT molecular complexity index is 781. The number of anilines is 1. The summed E-state index contributed by atoms with van der Waals surface area (Å²) in [7, 11) is 0. The van der Waals surface area contributed by atoms with Crippen LogP contribution in [0.5, 0.6) is 0 Å². The van der Waals surface area contributed by atoms with Crippen LogP contribution in [-0.4, -0.2) is 29.3 Å². The third-order valence-corrected chi connectivity index (χ3v) is 3.56. The fourth-order valence-electron chi connectivity index (χ4n) is 1.99. The molecule has 1 aromatic heterocycles. The summed E-state index contributed by atoms with van der Waals surface area (Å²) in [5.41, 5.74) is 3.79. The highest BCUT2D eigenvalue weighted by Gasteiger charge is 2.10. The molecule has 0 aliphatic rings. The number of nitrogens with one attached hydrogen (secondary N) is 2. The van der Waals surface area contributed by atoms with Crippen LogP contribution in [0.25, 0.3) is 0 Å². The van der Waals surface area contributed by atoms with Crippen molar-refractivity contribution in [3.63, 3.8) is 0 Å². The SMILES string of the molecule is CCOC(=O)CCC(=O)N/N=C(\Nc1ccccc1Cl)c1ccncc1. The molecule has 0 radical (unpaired) electrons. The van der Waals surface area contributed by atoms with Gasteiger partial charge in [-0.05, 0) is 31.2 Å². The van der Waals surface area contributed by atoms with Crippen molar-refractivity contribution in [3.05, 3.63) is 59.4 Å². The Morgan fingerprint density at radius 3 is 2.58 bits per heavy atom. The third kappa shape index (κ3) is 6.18. The van der Waals surface area contributed by atoms with Gasteiger partial charge in [0, 0.05) is 24.4 Å². The standard InChI is InChI=1S/C18H19ClN4O3/c1-2-26-17(25)8-7-16(24)22-23-18(13-9-11-20-12-10-13)21-15-6-4-3-5-14(15)19/h3-6,9-12H,2,7-8H2,1H3,(H,21,23)(H,22,24). The molecule has 7 nitrogen and oxygen atoms in total. The number of nitrogens with zero attached hydrogens (tertiary/aromatic N) is 2. The number of rotatable bonds is 7. The number of halogens is 1. The topological polar surface area (TPSA) is 92.7 Å². The van der Waals surface area contributed by atoms with E-state index in [9.17, 15) is 9.59 Å². The van der Waals surface area contributed by atoms with Crippen LogP contribution in [0, 0.1) is 0 Å². The Kier molecular flexibility index (Phi) is 7.57. The molecule has 0 fully saturated rings. The van der Waals surface area contributed by atoms with Crippen LogP contribution in [0.1, 0.15) is 25.3 Å². The molecule has 1 heterocycles. The number of esters is 1. The molecule has 136 valence electrons. The van der Waals surface area contributed by atoms with Gasteiger partial charge in [0.25, 0.3) is 0 Å². The van der Waals surface area contributed by atoms with Gasteiger partial charge in [-0.25, -0.2) is 5.43 Å². The highest BCUT2D eigenvalue weighted by Crippen LogP contribution is 2.21. The van der Waals surface area contributed by atoms with Gasteiger partial charge >= 0.3 is 5.97 Å². The minimum Gasteiger partial charge on any atom is -0.466 e. The summed E-state index contributed by atoms with van der Waals surface area (Å²) >= 11 is 6.16. The number of amidine groups is 1. The molecular formula is C18H19ClN4O3. The molecule has 0 saturated heterocycles. The van der Waals surface area contributed by atoms with Crippen molar-refractivity contribution >= 4 is 35.0 Å². The number of benzene rings is 1. The van der Waals surface area contributed by atoms with Gasteiger partial charge in [-0.15, -0.1) is 0 Å². The van der Waals surface area contributed by atoms with Crippen LogP contribution < -0.4 is 10.7 Å². The highest BCUT2D eigenvalue weighted by molar-refractivity contribution is 6.34. The van der Waals surface area contributed by atoms with Crippen LogP contribution in [-0.2, 0) is 14.3 Å². The number of hydrazone groups is 1. The molecule has 1 amide bonds. The fourth-order valence-corrected chi connectivity index (χ4v) is 2.17. The molecule has 0 unspecified atom stereocenters. The molecule has 0 bridgehead atoms. The van der Waals surface area contributed by atoms with Crippen LogP contribution in [0.3, 0.4) is 0 Å². The second-order valence-corrected chi connectivity index (χ2v) is 5.55. The van der Waals surface area contributed by atoms with Gasteiger partial charge < -0.3 is 10.1 Å². The summed E-state index contributed by atoms with van der Waals surface area (Å²) in [6.45, 7) is 2.00. The van der Waals surface area contributed by atoms with Crippen molar-refractivity contribution in [2.75, 3.05) is 11.9 Å². The molecule has 0 saturated carbocycles. The average molecular weight is 375 g/mol. The van der Waals surface area contributed by atoms with E-state index in [0.717, 1.165) is 0 Å². The summed E-state index contributed by atoms with van der Waals surface area (Å²) in [5, 5.41) is 7.73. The normalized spacial score (nSPS) is 10.9. The van der Waals surface area contributed by atoms with Crippen LogP contribution in [0.15, 0.2) is 53.9 Å². The summed E-state index contributed by atoms with van der Waals surface area (Å²) in [5.74, 6) is -0.425. The van der Waals surface area contributed by atoms with E-state index >= 15 is 0 Å². The second kappa shape index (κ2) is 10.1. The first-order chi connectivity index (χ1) is 12.6. The predicted octanol–water partition coefficient (Wildman–Crippen LogP) is 2.97. The molecule has 8 heteroatoms. The number of pyridine rings is 1. The zero-order chi connectivity index (χ0) is 18.8. The van der Waals surface area contributed by atoms with Crippen LogP contribution in [0.2, 0.25) is 5.02 Å².